The zero-order valence-electron chi connectivity index (χ0n) is 9.30. The summed E-state index contributed by atoms with van der Waals surface area (Å²) in [7, 11) is 0. The van der Waals surface area contributed by atoms with Crippen LogP contribution in [0, 0.1) is 11.6 Å². The molecule has 2 rings (SSSR count). The number of aromatic amines is 1. The van der Waals surface area contributed by atoms with Gasteiger partial charge in [0.05, 0.1) is 5.69 Å². The Kier molecular flexibility index (Phi) is 3.09. The molecular weight excluding hydrogens is 269 g/mol. The predicted molar refractivity (Wildman–Crippen MR) is 56.2 cm³/mol. The summed E-state index contributed by atoms with van der Waals surface area (Å²) >= 11 is 0. The van der Waals surface area contributed by atoms with Gasteiger partial charge in [-0.2, -0.15) is 13.2 Å². The van der Waals surface area contributed by atoms with Gasteiger partial charge in [0, 0.05) is 11.8 Å². The van der Waals surface area contributed by atoms with Crippen molar-refractivity contribution in [3.05, 3.63) is 59.4 Å². The van der Waals surface area contributed by atoms with Crippen LogP contribution in [0.4, 0.5) is 22.0 Å². The van der Waals surface area contributed by atoms with E-state index in [1.165, 1.54) is 12.3 Å². The average Bonchev–Trinajstić information content (AvgIpc) is 2.84. The van der Waals surface area contributed by atoms with Crippen molar-refractivity contribution >= 4 is 0 Å². The summed E-state index contributed by atoms with van der Waals surface area (Å²) in [6, 6.07) is 3.81. The molecule has 0 amide bonds. The number of hydrogen-bond donors (Lipinski definition) is 2. The van der Waals surface area contributed by atoms with E-state index in [9.17, 15) is 27.1 Å². The van der Waals surface area contributed by atoms with E-state index in [-0.39, 0.29) is 0 Å². The Morgan fingerprint density at radius 3 is 2.16 bits per heavy atom. The van der Waals surface area contributed by atoms with E-state index in [0.717, 1.165) is 6.07 Å². The van der Waals surface area contributed by atoms with E-state index in [0.29, 0.717) is 18.2 Å². The van der Waals surface area contributed by atoms with Gasteiger partial charge in [0.1, 0.15) is 0 Å². The van der Waals surface area contributed by atoms with Gasteiger partial charge in [-0.15, -0.1) is 0 Å². The molecule has 0 aliphatic carbocycles. The number of rotatable bonds is 2. The molecule has 0 unspecified atom stereocenters. The third-order valence-electron chi connectivity index (χ3n) is 2.74. The van der Waals surface area contributed by atoms with Gasteiger partial charge in [0.25, 0.3) is 0 Å². The van der Waals surface area contributed by atoms with Crippen molar-refractivity contribution in [2.45, 2.75) is 11.8 Å². The van der Waals surface area contributed by atoms with Gasteiger partial charge < -0.3 is 10.1 Å². The molecule has 0 fully saturated rings. The van der Waals surface area contributed by atoms with Crippen LogP contribution in [0.25, 0.3) is 0 Å². The average molecular weight is 277 g/mol. The quantitative estimate of drug-likeness (QED) is 0.813. The summed E-state index contributed by atoms with van der Waals surface area (Å²) in [5, 5.41) is 9.95. The Hall–Kier alpha value is -1.89. The van der Waals surface area contributed by atoms with Gasteiger partial charge in [-0.05, 0) is 24.3 Å². The fourth-order valence-electron chi connectivity index (χ4n) is 1.75. The maximum atomic E-state index is 13.1. The summed E-state index contributed by atoms with van der Waals surface area (Å²) in [5.74, 6) is -2.76. The Labute approximate surface area is 104 Å². The molecule has 0 spiro atoms. The normalized spacial score (nSPS) is 15.3. The highest BCUT2D eigenvalue weighted by molar-refractivity contribution is 5.35. The number of halogens is 5. The Morgan fingerprint density at radius 1 is 1.00 bits per heavy atom. The molecular formula is C12H8F5NO. The van der Waals surface area contributed by atoms with E-state index < -0.39 is 34.7 Å². The van der Waals surface area contributed by atoms with Gasteiger partial charge in [-0.3, -0.25) is 0 Å². The molecule has 102 valence electrons. The summed E-state index contributed by atoms with van der Waals surface area (Å²) in [6.07, 6.45) is -3.91. The minimum absolute atomic E-state index is 0.323. The topological polar surface area (TPSA) is 36.0 Å². The molecule has 0 radical (unpaired) electrons. The largest absolute Gasteiger partial charge is 0.427 e. The van der Waals surface area contributed by atoms with Crippen LogP contribution in [-0.2, 0) is 5.60 Å². The lowest BCUT2D eigenvalue weighted by molar-refractivity contribution is -0.249. The zero-order chi connectivity index (χ0) is 14.3. The maximum Gasteiger partial charge on any atom is 0.427 e. The van der Waals surface area contributed by atoms with E-state index in [4.69, 9.17) is 0 Å². The first-order valence-corrected chi connectivity index (χ1v) is 5.15. The van der Waals surface area contributed by atoms with Gasteiger partial charge >= 0.3 is 6.18 Å². The summed E-state index contributed by atoms with van der Waals surface area (Å²) in [5.41, 5.74) is -4.81. The third kappa shape index (κ3) is 2.10. The van der Waals surface area contributed by atoms with Gasteiger partial charge in [-0.25, -0.2) is 8.78 Å². The first kappa shape index (κ1) is 13.5. The van der Waals surface area contributed by atoms with Crippen molar-refractivity contribution in [1.82, 2.24) is 4.98 Å². The highest BCUT2D eigenvalue weighted by Gasteiger charge is 2.57. The zero-order valence-corrected chi connectivity index (χ0v) is 9.30. The second kappa shape index (κ2) is 4.34. The van der Waals surface area contributed by atoms with Crippen LogP contribution < -0.4 is 0 Å². The van der Waals surface area contributed by atoms with Gasteiger partial charge in [-0.1, -0.05) is 6.07 Å². The molecule has 0 bridgehead atoms. The molecule has 7 heteroatoms. The van der Waals surface area contributed by atoms with E-state index in [1.54, 1.807) is 0 Å². The second-order valence-electron chi connectivity index (χ2n) is 3.92. The fourth-order valence-corrected chi connectivity index (χ4v) is 1.75. The van der Waals surface area contributed by atoms with Crippen LogP contribution in [0.3, 0.4) is 0 Å². The molecule has 2 N–H and O–H groups in total. The van der Waals surface area contributed by atoms with Crippen molar-refractivity contribution in [3.63, 3.8) is 0 Å². The van der Waals surface area contributed by atoms with Crippen LogP contribution in [-0.4, -0.2) is 16.3 Å². The molecule has 0 saturated heterocycles. The summed E-state index contributed by atoms with van der Waals surface area (Å²) in [4.78, 5) is 2.23. The van der Waals surface area contributed by atoms with Crippen molar-refractivity contribution in [3.8, 4) is 0 Å². The lowest BCUT2D eigenvalue weighted by atomic mass is 9.89. The van der Waals surface area contributed by atoms with Crippen molar-refractivity contribution in [1.29, 1.82) is 0 Å². The fraction of sp³-hybridized carbons (Fsp3) is 0.167. The van der Waals surface area contributed by atoms with Crippen LogP contribution in [0.15, 0.2) is 36.5 Å². The highest BCUT2D eigenvalue weighted by Crippen LogP contribution is 2.43. The molecule has 0 aliphatic heterocycles. The van der Waals surface area contributed by atoms with Gasteiger partial charge in [0.15, 0.2) is 11.6 Å². The van der Waals surface area contributed by atoms with Crippen LogP contribution in [0.2, 0.25) is 0 Å². The SMILES string of the molecule is O[C@](c1ccc(F)c(F)c1)(c1ccc[nH]1)C(F)(F)F. The van der Waals surface area contributed by atoms with Crippen LogP contribution in [0.1, 0.15) is 11.3 Å². The van der Waals surface area contributed by atoms with E-state index >= 15 is 0 Å². The number of nitrogens with one attached hydrogen (secondary N) is 1. The maximum absolute atomic E-state index is 13.1. The second-order valence-corrected chi connectivity index (χ2v) is 3.92. The Morgan fingerprint density at radius 2 is 1.68 bits per heavy atom. The van der Waals surface area contributed by atoms with Crippen molar-refractivity contribution in [2.75, 3.05) is 0 Å². The highest BCUT2D eigenvalue weighted by atomic mass is 19.4. The number of aliphatic hydroxyl groups is 1. The minimum atomic E-state index is -5.10. The number of benzene rings is 1. The van der Waals surface area contributed by atoms with E-state index in [1.807, 2.05) is 0 Å². The van der Waals surface area contributed by atoms with Crippen molar-refractivity contribution < 1.29 is 27.1 Å². The molecule has 19 heavy (non-hydrogen) atoms. The van der Waals surface area contributed by atoms with Gasteiger partial charge in [0.2, 0.25) is 5.60 Å². The third-order valence-corrected chi connectivity index (χ3v) is 2.74. The molecule has 1 atom stereocenters. The summed E-state index contributed by atoms with van der Waals surface area (Å²) < 4.78 is 65.2. The number of hydrogen-bond acceptors (Lipinski definition) is 1. The number of aromatic nitrogens is 1. The lowest BCUT2D eigenvalue weighted by Gasteiger charge is -2.30. The molecule has 0 aliphatic rings. The molecule has 1 aromatic carbocycles. The van der Waals surface area contributed by atoms with Crippen LogP contribution in [0.5, 0.6) is 0 Å². The minimum Gasteiger partial charge on any atom is -0.371 e. The van der Waals surface area contributed by atoms with Crippen molar-refractivity contribution in [2.24, 2.45) is 0 Å². The molecule has 1 heterocycles. The smallest absolute Gasteiger partial charge is 0.371 e. The first-order valence-electron chi connectivity index (χ1n) is 5.15. The Bertz CT molecular complexity index is 578. The Balaban J connectivity index is 2.65. The molecule has 2 aromatic rings. The lowest BCUT2D eigenvalue weighted by Crippen LogP contribution is -2.43. The number of H-pyrrole nitrogens is 1. The van der Waals surface area contributed by atoms with E-state index in [2.05, 4.69) is 4.98 Å². The molecule has 0 saturated carbocycles. The van der Waals surface area contributed by atoms with Crippen LogP contribution >= 0.6 is 0 Å². The first-order chi connectivity index (χ1) is 8.76. The molecule has 2 nitrogen and oxygen atoms in total. The summed E-state index contributed by atoms with van der Waals surface area (Å²) in [6.45, 7) is 0. The predicted octanol–water partition coefficient (Wildman–Crippen LogP) is 3.09. The monoisotopic (exact) mass is 277 g/mol. The standard InChI is InChI=1S/C12H8F5NO/c13-8-4-3-7(6-9(8)14)11(19,12(15,16)17)10-2-1-5-18-10/h1-6,18-19H/t11-/m1/s1. The number of alkyl halides is 3. The molecule has 1 aromatic heterocycles.